The van der Waals surface area contributed by atoms with E-state index in [0.29, 0.717) is 5.56 Å². The van der Waals surface area contributed by atoms with E-state index in [-0.39, 0.29) is 11.5 Å². The van der Waals surface area contributed by atoms with E-state index >= 15 is 0 Å². The van der Waals surface area contributed by atoms with E-state index in [9.17, 15) is 9.90 Å². The summed E-state index contributed by atoms with van der Waals surface area (Å²) >= 11 is 0. The number of hydrogen-bond donors (Lipinski definition) is 1. The van der Waals surface area contributed by atoms with Gasteiger partial charge in [-0.05, 0) is 32.0 Å². The fourth-order valence-electron chi connectivity index (χ4n) is 2.56. The third-order valence-corrected chi connectivity index (χ3v) is 3.64. The summed E-state index contributed by atoms with van der Waals surface area (Å²) in [5, 5.41) is 9.87. The summed E-state index contributed by atoms with van der Waals surface area (Å²) in [7, 11) is 0. The number of rotatable bonds is 4. The number of benzene rings is 1. The van der Waals surface area contributed by atoms with Crippen LogP contribution in [-0.4, -0.2) is 48.5 Å². The molecule has 1 N–H and O–H groups in total. The normalized spacial score (nSPS) is 16.6. The van der Waals surface area contributed by atoms with E-state index < -0.39 is 0 Å². The maximum Gasteiger partial charge on any atom is 0.163 e. The van der Waals surface area contributed by atoms with Gasteiger partial charge in [-0.3, -0.25) is 9.69 Å². The van der Waals surface area contributed by atoms with Crippen LogP contribution in [0.5, 0.6) is 5.75 Å². The van der Waals surface area contributed by atoms with Gasteiger partial charge in [0, 0.05) is 37.9 Å². The monoisotopic (exact) mass is 262 g/mol. The number of phenolic OH excluding ortho intramolecular Hbond substituents is 1. The predicted octanol–water partition coefficient (Wildman–Crippen LogP) is 2.13. The van der Waals surface area contributed by atoms with E-state index in [0.717, 1.165) is 38.4 Å². The van der Waals surface area contributed by atoms with Crippen molar-refractivity contribution in [3.05, 3.63) is 23.8 Å². The topological polar surface area (TPSA) is 43.8 Å². The Balaban J connectivity index is 2.04. The summed E-state index contributed by atoms with van der Waals surface area (Å²) in [6.45, 7) is 8.88. The molecule has 0 atom stereocenters. The van der Waals surface area contributed by atoms with E-state index in [1.165, 1.54) is 13.3 Å². The zero-order valence-electron chi connectivity index (χ0n) is 11.7. The lowest BCUT2D eigenvalue weighted by Gasteiger charge is -2.36. The molecular formula is C15H22N2O2. The number of nitrogens with zero attached hydrogens (tertiary/aromatic N) is 2. The molecule has 0 bridgehead atoms. The fourth-order valence-corrected chi connectivity index (χ4v) is 2.56. The molecule has 0 radical (unpaired) electrons. The van der Waals surface area contributed by atoms with Crippen molar-refractivity contribution in [1.82, 2.24) is 4.90 Å². The molecule has 0 aromatic heterocycles. The Morgan fingerprint density at radius 1 is 1.26 bits per heavy atom. The van der Waals surface area contributed by atoms with Gasteiger partial charge in [0.05, 0.1) is 5.56 Å². The van der Waals surface area contributed by atoms with Gasteiger partial charge in [0.25, 0.3) is 0 Å². The molecule has 19 heavy (non-hydrogen) atoms. The van der Waals surface area contributed by atoms with Crippen LogP contribution in [-0.2, 0) is 0 Å². The number of aromatic hydroxyl groups is 1. The standard InChI is InChI=1S/C15H22N2O2/c1-3-6-16-7-9-17(10-8-16)13-4-5-14(12(2)18)15(19)11-13/h4-5,11,19H,3,6-10H2,1-2H3. The molecule has 0 amide bonds. The molecule has 2 rings (SSSR count). The molecule has 1 heterocycles. The van der Waals surface area contributed by atoms with Gasteiger partial charge in [-0.2, -0.15) is 0 Å². The maximum atomic E-state index is 11.3. The van der Waals surface area contributed by atoms with Gasteiger partial charge in [-0.25, -0.2) is 0 Å². The first kappa shape index (κ1) is 13.9. The van der Waals surface area contributed by atoms with Crippen molar-refractivity contribution in [3.63, 3.8) is 0 Å². The number of Topliss-reactive ketones (excluding diaryl/α,β-unsaturated/α-hetero) is 1. The summed E-state index contributed by atoms with van der Waals surface area (Å²) < 4.78 is 0. The van der Waals surface area contributed by atoms with Crippen LogP contribution in [0.15, 0.2) is 18.2 Å². The van der Waals surface area contributed by atoms with Crippen LogP contribution in [0.2, 0.25) is 0 Å². The minimum absolute atomic E-state index is 0.0842. The summed E-state index contributed by atoms with van der Waals surface area (Å²) in [5.74, 6) is -0.0159. The van der Waals surface area contributed by atoms with E-state index in [1.54, 1.807) is 12.1 Å². The third-order valence-electron chi connectivity index (χ3n) is 3.64. The Morgan fingerprint density at radius 2 is 1.95 bits per heavy atom. The lowest BCUT2D eigenvalue weighted by molar-refractivity contribution is 0.101. The number of ketones is 1. The highest BCUT2D eigenvalue weighted by Gasteiger charge is 2.17. The summed E-state index contributed by atoms with van der Waals surface area (Å²) in [6.07, 6.45) is 1.19. The Hall–Kier alpha value is -1.55. The van der Waals surface area contributed by atoms with Gasteiger partial charge >= 0.3 is 0 Å². The smallest absolute Gasteiger partial charge is 0.163 e. The van der Waals surface area contributed by atoms with Crippen molar-refractivity contribution >= 4 is 11.5 Å². The molecular weight excluding hydrogens is 240 g/mol. The average Bonchev–Trinajstić information content (AvgIpc) is 2.39. The van der Waals surface area contributed by atoms with Gasteiger partial charge < -0.3 is 10.0 Å². The Morgan fingerprint density at radius 3 is 2.47 bits per heavy atom. The van der Waals surface area contributed by atoms with Crippen molar-refractivity contribution in [2.24, 2.45) is 0 Å². The van der Waals surface area contributed by atoms with Gasteiger partial charge in [-0.15, -0.1) is 0 Å². The Kier molecular flexibility index (Phi) is 4.43. The van der Waals surface area contributed by atoms with Crippen molar-refractivity contribution in [2.75, 3.05) is 37.6 Å². The number of phenols is 1. The highest BCUT2D eigenvalue weighted by Crippen LogP contribution is 2.25. The molecule has 1 aliphatic heterocycles. The zero-order valence-corrected chi connectivity index (χ0v) is 11.7. The van der Waals surface area contributed by atoms with Gasteiger partial charge in [0.1, 0.15) is 5.75 Å². The second-order valence-corrected chi connectivity index (χ2v) is 5.09. The Labute approximate surface area is 114 Å². The number of carbonyl (C=O) groups excluding carboxylic acids is 1. The average molecular weight is 262 g/mol. The summed E-state index contributed by atoms with van der Waals surface area (Å²) in [6, 6.07) is 5.34. The molecule has 0 unspecified atom stereocenters. The van der Waals surface area contributed by atoms with Crippen molar-refractivity contribution < 1.29 is 9.90 Å². The third kappa shape index (κ3) is 3.26. The van der Waals surface area contributed by atoms with Crippen LogP contribution in [0.1, 0.15) is 30.6 Å². The molecule has 1 aromatic carbocycles. The first-order chi connectivity index (χ1) is 9.11. The van der Waals surface area contributed by atoms with Crippen LogP contribution in [0.4, 0.5) is 5.69 Å². The predicted molar refractivity (Wildman–Crippen MR) is 77.1 cm³/mol. The van der Waals surface area contributed by atoms with Gasteiger partial charge in [0.15, 0.2) is 5.78 Å². The van der Waals surface area contributed by atoms with Crippen LogP contribution >= 0.6 is 0 Å². The molecule has 4 heteroatoms. The van der Waals surface area contributed by atoms with Crippen molar-refractivity contribution in [3.8, 4) is 5.75 Å². The molecule has 1 aliphatic rings. The molecule has 1 fully saturated rings. The second-order valence-electron chi connectivity index (χ2n) is 5.09. The number of anilines is 1. The fraction of sp³-hybridized carbons (Fsp3) is 0.533. The largest absolute Gasteiger partial charge is 0.507 e. The van der Waals surface area contributed by atoms with Crippen LogP contribution in [0.25, 0.3) is 0 Å². The summed E-state index contributed by atoms with van der Waals surface area (Å²) in [4.78, 5) is 16.0. The number of hydrogen-bond acceptors (Lipinski definition) is 4. The minimum Gasteiger partial charge on any atom is -0.507 e. The molecule has 0 saturated carbocycles. The molecule has 0 aliphatic carbocycles. The van der Waals surface area contributed by atoms with Gasteiger partial charge in [0.2, 0.25) is 0 Å². The van der Waals surface area contributed by atoms with E-state index in [1.807, 2.05) is 6.07 Å². The highest BCUT2D eigenvalue weighted by atomic mass is 16.3. The quantitative estimate of drug-likeness (QED) is 0.844. The first-order valence-electron chi connectivity index (χ1n) is 6.93. The number of piperazine rings is 1. The Bertz CT molecular complexity index is 451. The lowest BCUT2D eigenvalue weighted by Crippen LogP contribution is -2.46. The number of carbonyl (C=O) groups is 1. The van der Waals surface area contributed by atoms with Crippen LogP contribution in [0.3, 0.4) is 0 Å². The zero-order chi connectivity index (χ0) is 13.8. The van der Waals surface area contributed by atoms with Crippen LogP contribution in [0, 0.1) is 0 Å². The first-order valence-corrected chi connectivity index (χ1v) is 6.93. The molecule has 0 spiro atoms. The minimum atomic E-state index is -0.100. The summed E-state index contributed by atoms with van der Waals surface area (Å²) in [5.41, 5.74) is 1.40. The van der Waals surface area contributed by atoms with E-state index in [2.05, 4.69) is 16.7 Å². The second kappa shape index (κ2) is 6.06. The molecule has 4 nitrogen and oxygen atoms in total. The SMILES string of the molecule is CCCN1CCN(c2ccc(C(C)=O)c(O)c2)CC1. The molecule has 1 aromatic rings. The van der Waals surface area contributed by atoms with Crippen molar-refractivity contribution in [1.29, 1.82) is 0 Å². The van der Waals surface area contributed by atoms with Crippen molar-refractivity contribution in [2.45, 2.75) is 20.3 Å². The molecule has 1 saturated heterocycles. The molecule has 104 valence electrons. The van der Waals surface area contributed by atoms with E-state index in [4.69, 9.17) is 0 Å². The van der Waals surface area contributed by atoms with Gasteiger partial charge in [-0.1, -0.05) is 6.92 Å². The highest BCUT2D eigenvalue weighted by molar-refractivity contribution is 5.97. The van der Waals surface area contributed by atoms with Crippen LogP contribution < -0.4 is 4.90 Å². The maximum absolute atomic E-state index is 11.3. The lowest BCUT2D eigenvalue weighted by atomic mass is 10.1.